The molecule has 0 aliphatic heterocycles. The van der Waals surface area contributed by atoms with Gasteiger partial charge in [-0.05, 0) is 35.7 Å². The van der Waals surface area contributed by atoms with E-state index in [4.69, 9.17) is 9.47 Å². The molecule has 2 amide bonds. The van der Waals surface area contributed by atoms with Crippen molar-refractivity contribution in [3.8, 4) is 5.75 Å². The normalized spacial score (nSPS) is 10.3. The fourth-order valence-corrected chi connectivity index (χ4v) is 2.57. The Morgan fingerprint density at radius 2 is 1.89 bits per heavy atom. The lowest BCUT2D eigenvalue weighted by molar-refractivity contribution is -0.137. The molecule has 27 heavy (non-hydrogen) atoms. The third-order valence-corrected chi connectivity index (χ3v) is 4.11. The molecule has 0 aliphatic rings. The third kappa shape index (κ3) is 6.42. The van der Waals surface area contributed by atoms with Gasteiger partial charge in [0.2, 0.25) is 11.8 Å². The number of hydrogen-bond acceptors (Lipinski definition) is 4. The Bertz CT molecular complexity index is 776. The van der Waals surface area contributed by atoms with Crippen LogP contribution in [-0.4, -0.2) is 44.0 Å². The average molecular weight is 370 g/mol. The van der Waals surface area contributed by atoms with Crippen molar-refractivity contribution in [2.45, 2.75) is 20.0 Å². The minimum absolute atomic E-state index is 0.0284. The molecule has 144 valence electrons. The number of aryl methyl sites for hydroxylation is 1. The summed E-state index contributed by atoms with van der Waals surface area (Å²) >= 11 is 0. The van der Waals surface area contributed by atoms with Crippen LogP contribution in [0, 0.1) is 0 Å². The molecular weight excluding hydrogens is 344 g/mol. The zero-order chi connectivity index (χ0) is 19.6. The van der Waals surface area contributed by atoms with E-state index in [2.05, 4.69) is 5.32 Å². The van der Waals surface area contributed by atoms with Crippen LogP contribution in [0.25, 0.3) is 0 Å². The van der Waals surface area contributed by atoms with Gasteiger partial charge in [-0.15, -0.1) is 0 Å². The van der Waals surface area contributed by atoms with Gasteiger partial charge in [0, 0.05) is 12.7 Å². The van der Waals surface area contributed by atoms with Crippen molar-refractivity contribution in [3.05, 3.63) is 59.7 Å². The van der Waals surface area contributed by atoms with E-state index < -0.39 is 0 Å². The van der Waals surface area contributed by atoms with Gasteiger partial charge < -0.3 is 19.7 Å². The van der Waals surface area contributed by atoms with Crippen molar-refractivity contribution >= 4 is 17.5 Å². The van der Waals surface area contributed by atoms with Crippen LogP contribution in [0.1, 0.15) is 18.1 Å². The Kier molecular flexibility index (Phi) is 7.82. The van der Waals surface area contributed by atoms with Gasteiger partial charge >= 0.3 is 0 Å². The first-order valence-electron chi connectivity index (χ1n) is 8.86. The number of ether oxygens (including phenoxy) is 2. The molecule has 0 aromatic heterocycles. The summed E-state index contributed by atoms with van der Waals surface area (Å²) in [5.41, 5.74) is 2.75. The number of carbonyl (C=O) groups is 2. The summed E-state index contributed by atoms with van der Waals surface area (Å²) in [6, 6.07) is 15.1. The molecule has 6 nitrogen and oxygen atoms in total. The first-order valence-corrected chi connectivity index (χ1v) is 8.86. The van der Waals surface area contributed by atoms with Gasteiger partial charge in [-0.3, -0.25) is 9.59 Å². The molecule has 2 aromatic rings. The number of methoxy groups -OCH3 is 1. The predicted octanol–water partition coefficient (Wildman–Crippen LogP) is 2.87. The Morgan fingerprint density at radius 1 is 1.11 bits per heavy atom. The Labute approximate surface area is 160 Å². The highest BCUT2D eigenvalue weighted by Gasteiger charge is 2.14. The summed E-state index contributed by atoms with van der Waals surface area (Å²) < 4.78 is 10.6. The van der Waals surface area contributed by atoms with E-state index >= 15 is 0 Å². The molecule has 0 radical (unpaired) electrons. The van der Waals surface area contributed by atoms with Crippen LogP contribution in [-0.2, 0) is 27.4 Å². The monoisotopic (exact) mass is 370 g/mol. The van der Waals surface area contributed by atoms with Crippen molar-refractivity contribution in [1.29, 1.82) is 0 Å². The second kappa shape index (κ2) is 10.3. The summed E-state index contributed by atoms with van der Waals surface area (Å²) in [7, 11) is 3.19. The van der Waals surface area contributed by atoms with Gasteiger partial charge in [0.15, 0.2) is 0 Å². The maximum atomic E-state index is 12.2. The number of amides is 2. The number of nitrogens with zero attached hydrogens (tertiary/aromatic N) is 1. The minimum atomic E-state index is -0.253. The molecule has 0 saturated carbocycles. The highest BCUT2D eigenvalue weighted by Crippen LogP contribution is 2.15. The van der Waals surface area contributed by atoms with Crippen LogP contribution >= 0.6 is 0 Å². The van der Waals surface area contributed by atoms with Crippen LogP contribution in [0.3, 0.4) is 0 Å². The number of hydrogen-bond donors (Lipinski definition) is 1. The van der Waals surface area contributed by atoms with E-state index in [-0.39, 0.29) is 25.0 Å². The van der Waals surface area contributed by atoms with E-state index in [0.29, 0.717) is 6.61 Å². The molecule has 6 heteroatoms. The molecular formula is C21H26N2O4. The lowest BCUT2D eigenvalue weighted by Crippen LogP contribution is -2.37. The van der Waals surface area contributed by atoms with E-state index in [1.54, 1.807) is 14.2 Å². The highest BCUT2D eigenvalue weighted by atomic mass is 16.5. The van der Waals surface area contributed by atoms with Crippen molar-refractivity contribution in [1.82, 2.24) is 4.90 Å². The molecule has 1 N–H and O–H groups in total. The number of nitrogens with one attached hydrogen (secondary N) is 1. The van der Waals surface area contributed by atoms with E-state index in [0.717, 1.165) is 29.0 Å². The summed E-state index contributed by atoms with van der Waals surface area (Å²) in [6.07, 6.45) is 0.823. The molecule has 2 aromatic carbocycles. The summed E-state index contributed by atoms with van der Waals surface area (Å²) in [6.45, 7) is 2.21. The molecule has 0 saturated heterocycles. The molecule has 2 rings (SSSR count). The second-order valence-electron chi connectivity index (χ2n) is 6.15. The minimum Gasteiger partial charge on any atom is -0.497 e. The first kappa shape index (κ1) is 20.5. The van der Waals surface area contributed by atoms with Crippen molar-refractivity contribution in [2.24, 2.45) is 0 Å². The van der Waals surface area contributed by atoms with Crippen LogP contribution < -0.4 is 10.1 Å². The number of para-hydroxylation sites is 1. The Balaban J connectivity index is 1.78. The zero-order valence-electron chi connectivity index (χ0n) is 16.0. The third-order valence-electron chi connectivity index (χ3n) is 4.11. The number of rotatable bonds is 9. The molecule has 0 heterocycles. The van der Waals surface area contributed by atoms with E-state index in [9.17, 15) is 9.59 Å². The first-order chi connectivity index (χ1) is 13.0. The van der Waals surface area contributed by atoms with Crippen LogP contribution in [0.4, 0.5) is 5.69 Å². The molecule has 0 spiro atoms. The maximum Gasteiger partial charge on any atom is 0.248 e. The van der Waals surface area contributed by atoms with Gasteiger partial charge in [0.25, 0.3) is 0 Å². The van der Waals surface area contributed by atoms with Gasteiger partial charge in [0.1, 0.15) is 12.4 Å². The van der Waals surface area contributed by atoms with Crippen molar-refractivity contribution < 1.29 is 19.1 Å². The highest BCUT2D eigenvalue weighted by molar-refractivity contribution is 5.95. The summed E-state index contributed by atoms with van der Waals surface area (Å²) in [4.78, 5) is 25.7. The molecule has 0 atom stereocenters. The standard InChI is InChI=1S/C21H26N2O4/c1-4-17-9-5-6-11-19(17)22-20(24)13-23(2)21(25)15-27-14-16-8-7-10-18(12-16)26-3/h5-12H,4,13-15H2,1-3H3,(H,22,24). The van der Waals surface area contributed by atoms with Crippen LogP contribution in [0.15, 0.2) is 48.5 Å². The number of likely N-dealkylation sites (N-methyl/N-ethyl adjacent to an activating group) is 1. The van der Waals surface area contributed by atoms with Crippen molar-refractivity contribution in [2.75, 3.05) is 32.6 Å². The maximum absolute atomic E-state index is 12.2. The van der Waals surface area contributed by atoms with Gasteiger partial charge in [0.05, 0.1) is 20.3 Å². The lowest BCUT2D eigenvalue weighted by atomic mass is 10.1. The molecule has 0 fully saturated rings. The Morgan fingerprint density at radius 3 is 2.63 bits per heavy atom. The number of carbonyl (C=O) groups excluding carboxylic acids is 2. The van der Waals surface area contributed by atoms with Crippen molar-refractivity contribution in [3.63, 3.8) is 0 Å². The van der Waals surface area contributed by atoms with E-state index in [1.807, 2.05) is 55.5 Å². The summed E-state index contributed by atoms with van der Waals surface area (Å²) in [5, 5.41) is 2.85. The zero-order valence-corrected chi connectivity index (χ0v) is 16.0. The predicted molar refractivity (Wildman–Crippen MR) is 105 cm³/mol. The van der Waals surface area contributed by atoms with Gasteiger partial charge in [-0.1, -0.05) is 37.3 Å². The average Bonchev–Trinajstić information content (AvgIpc) is 2.68. The van der Waals surface area contributed by atoms with Crippen LogP contribution in [0.2, 0.25) is 0 Å². The quantitative estimate of drug-likeness (QED) is 0.737. The fourth-order valence-electron chi connectivity index (χ4n) is 2.57. The second-order valence-corrected chi connectivity index (χ2v) is 6.15. The fraction of sp³-hybridized carbons (Fsp3) is 0.333. The Hall–Kier alpha value is -2.86. The smallest absolute Gasteiger partial charge is 0.248 e. The molecule has 0 aliphatic carbocycles. The van der Waals surface area contributed by atoms with Gasteiger partial charge in [-0.2, -0.15) is 0 Å². The lowest BCUT2D eigenvalue weighted by Gasteiger charge is -2.17. The van der Waals surface area contributed by atoms with E-state index in [1.165, 1.54) is 4.90 Å². The largest absolute Gasteiger partial charge is 0.497 e. The SMILES string of the molecule is CCc1ccccc1NC(=O)CN(C)C(=O)COCc1cccc(OC)c1. The summed E-state index contributed by atoms with van der Waals surface area (Å²) in [5.74, 6) is 0.250. The topological polar surface area (TPSA) is 67.9 Å². The van der Waals surface area contributed by atoms with Gasteiger partial charge in [-0.25, -0.2) is 0 Å². The molecule has 0 bridgehead atoms. The van der Waals surface area contributed by atoms with Crippen LogP contribution in [0.5, 0.6) is 5.75 Å². The number of anilines is 1. The number of benzene rings is 2. The molecule has 0 unspecified atom stereocenters.